The number of nitrogens with zero attached hydrogens (tertiary/aromatic N) is 2. The Balaban J connectivity index is 2.01. The lowest BCUT2D eigenvalue weighted by Crippen LogP contribution is -2.48. The van der Waals surface area contributed by atoms with Crippen molar-refractivity contribution in [1.29, 1.82) is 0 Å². The van der Waals surface area contributed by atoms with Crippen molar-refractivity contribution < 1.29 is 9.32 Å². The van der Waals surface area contributed by atoms with Crippen LogP contribution in [0, 0.1) is 6.92 Å². The molecular formula is C19H20N4O2S. The number of anilines is 1. The van der Waals surface area contributed by atoms with E-state index in [0.29, 0.717) is 28.8 Å². The molecule has 0 fully saturated rings. The van der Waals surface area contributed by atoms with Crippen LogP contribution in [0.25, 0.3) is 0 Å². The maximum Gasteiger partial charge on any atom is 0.257 e. The van der Waals surface area contributed by atoms with Crippen LogP contribution < -0.4 is 10.6 Å². The minimum Gasteiger partial charge on any atom is -0.360 e. The Kier molecular flexibility index (Phi) is 5.18. The highest BCUT2D eigenvalue weighted by molar-refractivity contribution is 7.80. The molecule has 1 aromatic heterocycles. The Labute approximate surface area is 157 Å². The molecule has 7 heteroatoms. The minimum absolute atomic E-state index is 0.256. The van der Waals surface area contributed by atoms with E-state index in [1.807, 2.05) is 42.2 Å². The fourth-order valence-corrected chi connectivity index (χ4v) is 3.26. The van der Waals surface area contributed by atoms with Gasteiger partial charge in [-0.05, 0) is 31.6 Å². The standard InChI is InChI=1S/C19H20N4O2S/c1-4-10-23-13(3)16(18(24)20-15-11-12(2)25-22-15)17(21-19(23)26)14-8-6-5-7-9-14/h4-9,11,17H,1,10H2,2-3H3,(H,21,26)(H,20,22,24)/t17-/m0/s1. The second-order valence-electron chi connectivity index (χ2n) is 5.97. The van der Waals surface area contributed by atoms with Crippen LogP contribution in [0.3, 0.4) is 0 Å². The molecule has 0 saturated heterocycles. The van der Waals surface area contributed by atoms with E-state index in [1.165, 1.54) is 0 Å². The first-order valence-corrected chi connectivity index (χ1v) is 8.61. The van der Waals surface area contributed by atoms with Crippen molar-refractivity contribution in [3.8, 4) is 0 Å². The van der Waals surface area contributed by atoms with Gasteiger partial charge in [0.25, 0.3) is 5.91 Å². The van der Waals surface area contributed by atoms with E-state index in [4.69, 9.17) is 16.7 Å². The summed E-state index contributed by atoms with van der Waals surface area (Å²) in [5.41, 5.74) is 2.31. The van der Waals surface area contributed by atoms with Gasteiger partial charge in [0.2, 0.25) is 0 Å². The van der Waals surface area contributed by atoms with Gasteiger partial charge in [0.15, 0.2) is 10.9 Å². The van der Waals surface area contributed by atoms with E-state index < -0.39 is 0 Å². The third-order valence-electron chi connectivity index (χ3n) is 4.16. The second kappa shape index (κ2) is 7.53. The number of hydrogen-bond donors (Lipinski definition) is 2. The topological polar surface area (TPSA) is 70.4 Å². The molecular weight excluding hydrogens is 348 g/mol. The summed E-state index contributed by atoms with van der Waals surface area (Å²) in [6, 6.07) is 11.0. The molecule has 26 heavy (non-hydrogen) atoms. The number of aromatic nitrogens is 1. The molecule has 134 valence electrons. The van der Waals surface area contributed by atoms with E-state index >= 15 is 0 Å². The van der Waals surface area contributed by atoms with Gasteiger partial charge < -0.3 is 20.1 Å². The minimum atomic E-state index is -0.349. The number of aryl methyl sites for hydroxylation is 1. The first kappa shape index (κ1) is 17.9. The molecule has 1 atom stereocenters. The number of carbonyl (C=O) groups excluding carboxylic acids is 1. The molecule has 0 spiro atoms. The third kappa shape index (κ3) is 3.52. The Morgan fingerprint density at radius 2 is 2.15 bits per heavy atom. The van der Waals surface area contributed by atoms with Crippen LogP contribution in [-0.4, -0.2) is 27.6 Å². The molecule has 2 aromatic rings. The molecule has 3 rings (SSSR count). The highest BCUT2D eigenvalue weighted by atomic mass is 32.1. The molecule has 1 amide bonds. The molecule has 0 radical (unpaired) electrons. The van der Waals surface area contributed by atoms with Crippen molar-refractivity contribution in [2.24, 2.45) is 0 Å². The van der Waals surface area contributed by atoms with Crippen LogP contribution in [0.1, 0.15) is 24.3 Å². The molecule has 6 nitrogen and oxygen atoms in total. The van der Waals surface area contributed by atoms with Crippen molar-refractivity contribution in [2.75, 3.05) is 11.9 Å². The van der Waals surface area contributed by atoms with Gasteiger partial charge in [-0.1, -0.05) is 41.6 Å². The number of hydrogen-bond acceptors (Lipinski definition) is 4. The van der Waals surface area contributed by atoms with Crippen LogP contribution in [-0.2, 0) is 4.79 Å². The summed E-state index contributed by atoms with van der Waals surface area (Å²) < 4.78 is 5.03. The normalized spacial score (nSPS) is 17.1. The lowest BCUT2D eigenvalue weighted by Gasteiger charge is -2.37. The average molecular weight is 368 g/mol. The van der Waals surface area contributed by atoms with E-state index in [0.717, 1.165) is 11.3 Å². The Hall–Kier alpha value is -2.93. The van der Waals surface area contributed by atoms with Crippen LogP contribution in [0.5, 0.6) is 0 Å². The number of carbonyl (C=O) groups is 1. The highest BCUT2D eigenvalue weighted by Gasteiger charge is 2.33. The van der Waals surface area contributed by atoms with Gasteiger partial charge in [-0.3, -0.25) is 4.79 Å². The molecule has 0 bridgehead atoms. The Bertz CT molecular complexity index is 873. The van der Waals surface area contributed by atoms with Gasteiger partial charge >= 0.3 is 0 Å². The highest BCUT2D eigenvalue weighted by Crippen LogP contribution is 2.31. The van der Waals surface area contributed by atoms with E-state index in [2.05, 4.69) is 22.4 Å². The zero-order valence-electron chi connectivity index (χ0n) is 14.7. The smallest absolute Gasteiger partial charge is 0.257 e. The maximum atomic E-state index is 13.0. The molecule has 2 heterocycles. The summed E-state index contributed by atoms with van der Waals surface area (Å²) in [7, 11) is 0. The first-order chi connectivity index (χ1) is 12.5. The van der Waals surface area contributed by atoms with E-state index in [1.54, 1.807) is 19.1 Å². The van der Waals surface area contributed by atoms with Crippen LogP contribution in [0.15, 0.2) is 64.8 Å². The van der Waals surface area contributed by atoms with Gasteiger partial charge in [-0.15, -0.1) is 6.58 Å². The lowest BCUT2D eigenvalue weighted by atomic mass is 9.94. The fourth-order valence-electron chi connectivity index (χ4n) is 2.93. The Morgan fingerprint density at radius 3 is 2.77 bits per heavy atom. The predicted octanol–water partition coefficient (Wildman–Crippen LogP) is 3.31. The van der Waals surface area contributed by atoms with Crippen LogP contribution in [0.4, 0.5) is 5.82 Å². The van der Waals surface area contributed by atoms with Gasteiger partial charge in [-0.2, -0.15) is 0 Å². The number of benzene rings is 1. The van der Waals surface area contributed by atoms with Crippen molar-refractivity contribution in [1.82, 2.24) is 15.4 Å². The van der Waals surface area contributed by atoms with Crippen molar-refractivity contribution in [3.63, 3.8) is 0 Å². The molecule has 1 aliphatic rings. The predicted molar refractivity (Wildman–Crippen MR) is 104 cm³/mol. The zero-order chi connectivity index (χ0) is 18.7. The molecule has 1 aliphatic heterocycles. The maximum absolute atomic E-state index is 13.0. The average Bonchev–Trinajstić information content (AvgIpc) is 3.03. The van der Waals surface area contributed by atoms with E-state index in [-0.39, 0.29) is 11.9 Å². The molecule has 0 saturated carbocycles. The monoisotopic (exact) mass is 368 g/mol. The summed E-state index contributed by atoms with van der Waals surface area (Å²) in [6.45, 7) is 7.93. The first-order valence-electron chi connectivity index (χ1n) is 8.20. The van der Waals surface area contributed by atoms with Crippen LogP contribution in [0.2, 0.25) is 0 Å². The number of amides is 1. The largest absolute Gasteiger partial charge is 0.360 e. The SMILES string of the molecule is C=CCN1C(=S)N[C@@H](c2ccccc2)C(C(=O)Nc2cc(C)on2)=C1C. The van der Waals surface area contributed by atoms with Crippen molar-refractivity contribution in [2.45, 2.75) is 19.9 Å². The van der Waals surface area contributed by atoms with Crippen molar-refractivity contribution in [3.05, 3.63) is 71.6 Å². The molecule has 0 aliphatic carbocycles. The summed E-state index contributed by atoms with van der Waals surface area (Å²) in [4.78, 5) is 14.9. The van der Waals surface area contributed by atoms with Crippen molar-refractivity contribution >= 4 is 29.1 Å². The molecule has 0 unspecified atom stereocenters. The quantitative estimate of drug-likeness (QED) is 0.623. The molecule has 1 aromatic carbocycles. The van der Waals surface area contributed by atoms with Crippen LogP contribution >= 0.6 is 12.2 Å². The number of nitrogens with one attached hydrogen (secondary N) is 2. The summed E-state index contributed by atoms with van der Waals surface area (Å²) in [5, 5.41) is 10.5. The van der Waals surface area contributed by atoms with E-state index in [9.17, 15) is 4.79 Å². The fraction of sp³-hybridized carbons (Fsp3) is 0.211. The molecule has 2 N–H and O–H groups in total. The van der Waals surface area contributed by atoms with Gasteiger partial charge in [0.1, 0.15) is 5.76 Å². The van der Waals surface area contributed by atoms with Gasteiger partial charge in [0, 0.05) is 18.3 Å². The van der Waals surface area contributed by atoms with Gasteiger partial charge in [-0.25, -0.2) is 0 Å². The summed E-state index contributed by atoms with van der Waals surface area (Å²) in [5.74, 6) is 0.749. The third-order valence-corrected chi connectivity index (χ3v) is 4.49. The Morgan fingerprint density at radius 1 is 1.42 bits per heavy atom. The second-order valence-corrected chi connectivity index (χ2v) is 6.36. The van der Waals surface area contributed by atoms with Gasteiger partial charge in [0.05, 0.1) is 11.6 Å². The number of thiocarbonyl (C=S) groups is 1. The zero-order valence-corrected chi connectivity index (χ0v) is 15.5. The number of rotatable bonds is 5. The summed E-state index contributed by atoms with van der Waals surface area (Å²) >= 11 is 5.49. The number of allylic oxidation sites excluding steroid dienone is 1. The summed E-state index contributed by atoms with van der Waals surface area (Å²) in [6.07, 6.45) is 1.75. The lowest BCUT2D eigenvalue weighted by molar-refractivity contribution is -0.113.